The van der Waals surface area contributed by atoms with Gasteiger partial charge >= 0.3 is 0 Å². The number of hydrogen-bond donors (Lipinski definition) is 4. The number of aromatic nitrogens is 4. The molecule has 2 atom stereocenters. The molecule has 0 radical (unpaired) electrons. The van der Waals surface area contributed by atoms with Gasteiger partial charge in [-0.25, -0.2) is 5.10 Å². The Morgan fingerprint density at radius 3 is 2.15 bits per heavy atom. The first-order valence-electron chi connectivity index (χ1n) is 16.4. The van der Waals surface area contributed by atoms with E-state index < -0.39 is 5.41 Å². The van der Waals surface area contributed by atoms with Crippen molar-refractivity contribution >= 4 is 17.7 Å². The summed E-state index contributed by atoms with van der Waals surface area (Å²) in [5.41, 5.74) is 4.30. The van der Waals surface area contributed by atoms with Crippen molar-refractivity contribution in [1.82, 2.24) is 41.5 Å². The molecular weight excluding hydrogens is 582 g/mol. The molecule has 1 aliphatic heterocycles. The second-order valence-corrected chi connectivity index (χ2v) is 12.5. The minimum Gasteiger partial charge on any atom is -0.352 e. The highest BCUT2D eigenvalue weighted by Gasteiger charge is 2.48. The maximum absolute atomic E-state index is 13.3. The summed E-state index contributed by atoms with van der Waals surface area (Å²) in [6, 6.07) is 13.5. The molecule has 1 saturated carbocycles. The van der Waals surface area contributed by atoms with Gasteiger partial charge < -0.3 is 20.9 Å². The number of rotatable bonds is 11. The highest BCUT2D eigenvalue weighted by Crippen LogP contribution is 2.49. The molecule has 0 unspecified atom stereocenters. The number of nitrogens with zero attached hydrogens (tertiary/aromatic N) is 5. The predicted octanol–water partition coefficient (Wildman–Crippen LogP) is 2.40. The maximum Gasteiger partial charge on any atom is 0.251 e. The second-order valence-electron chi connectivity index (χ2n) is 12.5. The molecule has 1 aromatic heterocycles. The first-order valence-corrected chi connectivity index (χ1v) is 16.4. The van der Waals surface area contributed by atoms with E-state index in [-0.39, 0.29) is 36.3 Å². The number of carbonyl (C=O) groups excluding carboxylic acids is 3. The molecule has 6 rings (SSSR count). The number of aryl methyl sites for hydroxylation is 2. The van der Waals surface area contributed by atoms with Crippen LogP contribution in [-0.4, -0.2) is 81.5 Å². The summed E-state index contributed by atoms with van der Waals surface area (Å²) in [6.07, 6.45) is 5.47. The topological polar surface area (TPSA) is 169 Å². The molecule has 2 heterocycles. The average molecular weight is 624 g/mol. The van der Waals surface area contributed by atoms with Crippen molar-refractivity contribution in [3.63, 3.8) is 0 Å². The third-order valence-corrected chi connectivity index (χ3v) is 9.70. The third-order valence-electron chi connectivity index (χ3n) is 9.70. The summed E-state index contributed by atoms with van der Waals surface area (Å²) in [5, 5.41) is 34.6. The van der Waals surface area contributed by atoms with Gasteiger partial charge in [0.05, 0.1) is 18.0 Å². The van der Waals surface area contributed by atoms with Crippen molar-refractivity contribution in [2.75, 3.05) is 26.2 Å². The van der Waals surface area contributed by atoms with Crippen molar-refractivity contribution in [2.45, 2.75) is 76.3 Å². The summed E-state index contributed by atoms with van der Waals surface area (Å²) < 4.78 is 0. The van der Waals surface area contributed by atoms with Crippen molar-refractivity contribution in [2.24, 2.45) is 5.92 Å². The van der Waals surface area contributed by atoms with Gasteiger partial charge in [-0.1, -0.05) is 12.1 Å². The summed E-state index contributed by atoms with van der Waals surface area (Å²) in [6.45, 7) is 5.58. The first-order chi connectivity index (χ1) is 22.4. The van der Waals surface area contributed by atoms with Gasteiger partial charge in [0.2, 0.25) is 5.91 Å². The van der Waals surface area contributed by atoms with Crippen LogP contribution >= 0.6 is 0 Å². The number of hydrogen-bond acceptors (Lipinski definition) is 8. The Hall–Kier alpha value is -4.63. The Morgan fingerprint density at radius 2 is 1.63 bits per heavy atom. The molecule has 0 bridgehead atoms. The maximum atomic E-state index is 13.3. The van der Waals surface area contributed by atoms with Crippen LogP contribution < -0.4 is 16.0 Å². The minimum absolute atomic E-state index is 0.0649. The van der Waals surface area contributed by atoms with Gasteiger partial charge in [0.25, 0.3) is 11.8 Å². The molecule has 3 amide bonds. The Morgan fingerprint density at radius 1 is 1.00 bits per heavy atom. The fourth-order valence-corrected chi connectivity index (χ4v) is 7.32. The molecule has 240 valence electrons. The van der Waals surface area contributed by atoms with Gasteiger partial charge in [0.1, 0.15) is 6.04 Å². The number of likely N-dealkylation sites (tertiary alicyclic amines) is 1. The number of aromatic amines is 1. The van der Waals surface area contributed by atoms with Crippen LogP contribution in [0, 0.1) is 17.2 Å². The van der Waals surface area contributed by atoms with Crippen LogP contribution in [-0.2, 0) is 23.1 Å². The molecular formula is C34H41N9O3. The smallest absolute Gasteiger partial charge is 0.251 e. The van der Waals surface area contributed by atoms with E-state index in [9.17, 15) is 19.6 Å². The van der Waals surface area contributed by atoms with Gasteiger partial charge in [0.15, 0.2) is 5.82 Å². The van der Waals surface area contributed by atoms with E-state index in [0.29, 0.717) is 68.2 Å². The molecule has 4 N–H and O–H groups in total. The van der Waals surface area contributed by atoms with Crippen LogP contribution in [0.5, 0.6) is 0 Å². The monoisotopic (exact) mass is 623 g/mol. The van der Waals surface area contributed by atoms with Gasteiger partial charge in [0, 0.05) is 36.8 Å². The zero-order valence-electron chi connectivity index (χ0n) is 26.4. The lowest BCUT2D eigenvalue weighted by atomic mass is 9.67. The molecule has 0 spiro atoms. The van der Waals surface area contributed by atoms with Crippen LogP contribution in [0.15, 0.2) is 36.4 Å². The van der Waals surface area contributed by atoms with E-state index >= 15 is 0 Å². The van der Waals surface area contributed by atoms with Crippen molar-refractivity contribution in [1.29, 1.82) is 5.26 Å². The molecule has 12 nitrogen and oxygen atoms in total. The van der Waals surface area contributed by atoms with Crippen LogP contribution in [0.4, 0.5) is 0 Å². The molecule has 46 heavy (non-hydrogen) atoms. The van der Waals surface area contributed by atoms with Gasteiger partial charge in [-0.3, -0.25) is 14.4 Å². The SMILES string of the molecule is CCNC(=O)c1ccc2c(c1)CCc1cc(C(=O)NCC)ccc1C2(C[C@@H](NCC(=O)N1CCC[C@H]1C#N)C1CC1)c1nnn[nH]1. The molecule has 12 heteroatoms. The number of nitriles is 1. The fraction of sp³-hybridized carbons (Fsp3) is 0.500. The zero-order chi connectivity index (χ0) is 32.3. The molecule has 1 saturated heterocycles. The van der Waals surface area contributed by atoms with Crippen LogP contribution in [0.3, 0.4) is 0 Å². The summed E-state index contributed by atoms with van der Waals surface area (Å²) in [5.74, 6) is 0.587. The summed E-state index contributed by atoms with van der Waals surface area (Å²) in [4.78, 5) is 40.9. The zero-order valence-corrected chi connectivity index (χ0v) is 26.4. The van der Waals surface area contributed by atoms with E-state index in [1.807, 2.05) is 50.2 Å². The average Bonchev–Trinajstić information content (AvgIpc) is 3.57. The largest absolute Gasteiger partial charge is 0.352 e. The number of carbonyl (C=O) groups is 3. The van der Waals surface area contributed by atoms with E-state index in [1.54, 1.807) is 4.90 Å². The van der Waals surface area contributed by atoms with E-state index in [0.717, 1.165) is 41.5 Å². The highest BCUT2D eigenvalue weighted by molar-refractivity contribution is 5.95. The summed E-state index contributed by atoms with van der Waals surface area (Å²) in [7, 11) is 0. The molecule has 2 aromatic carbocycles. The molecule has 3 aliphatic rings. The summed E-state index contributed by atoms with van der Waals surface area (Å²) >= 11 is 0. The standard InChI is InChI=1S/C34H41N9O3/c1-3-36-31(45)24-11-13-27-22(16-24)9-10-23-17-25(32(46)37-4-2)12-14-28(23)34(27,33-39-41-42-40-33)18-29(21-7-8-21)38-20-30(44)43-15-5-6-26(43)19-35/h11-14,16-17,21,26,29,38H,3-10,15,18,20H2,1-2H3,(H,36,45)(H,37,46)(H,39,40,41,42)/t26-,29+/m0/s1. The van der Waals surface area contributed by atoms with Crippen molar-refractivity contribution in [3.8, 4) is 6.07 Å². The number of tetrazole rings is 1. The lowest BCUT2D eigenvalue weighted by molar-refractivity contribution is -0.130. The fourth-order valence-electron chi connectivity index (χ4n) is 7.32. The van der Waals surface area contributed by atoms with Gasteiger partial charge in [-0.15, -0.1) is 5.10 Å². The first kappa shape index (κ1) is 31.4. The Balaban J connectivity index is 1.46. The molecule has 2 aliphatic carbocycles. The molecule has 3 aromatic rings. The number of amides is 3. The van der Waals surface area contributed by atoms with Gasteiger partial charge in [-0.2, -0.15) is 5.26 Å². The van der Waals surface area contributed by atoms with E-state index in [1.165, 1.54) is 0 Å². The Labute approximate surface area is 268 Å². The Kier molecular flexibility index (Phi) is 9.12. The third kappa shape index (κ3) is 5.99. The predicted molar refractivity (Wildman–Crippen MR) is 170 cm³/mol. The number of H-pyrrole nitrogens is 1. The number of fused-ring (bicyclic) bond motifs is 2. The normalized spacial score (nSPS) is 18.9. The van der Waals surface area contributed by atoms with Crippen LogP contribution in [0.25, 0.3) is 0 Å². The second kappa shape index (κ2) is 13.4. The van der Waals surface area contributed by atoms with Gasteiger partial charge in [-0.05, 0) is 122 Å². The lowest BCUT2D eigenvalue weighted by Crippen LogP contribution is -2.47. The lowest BCUT2D eigenvalue weighted by Gasteiger charge is -2.38. The molecule has 2 fully saturated rings. The van der Waals surface area contributed by atoms with Crippen LogP contribution in [0.2, 0.25) is 0 Å². The minimum atomic E-state index is -0.865. The van der Waals surface area contributed by atoms with Crippen molar-refractivity contribution < 1.29 is 14.4 Å². The quantitative estimate of drug-likeness (QED) is 0.252. The van der Waals surface area contributed by atoms with Crippen LogP contribution in [0.1, 0.15) is 94.7 Å². The number of benzene rings is 2. The highest BCUT2D eigenvalue weighted by atomic mass is 16.2. The van der Waals surface area contributed by atoms with E-state index in [4.69, 9.17) is 0 Å². The number of nitrogens with one attached hydrogen (secondary N) is 4. The van der Waals surface area contributed by atoms with E-state index in [2.05, 4.69) is 42.6 Å². The Bertz CT molecular complexity index is 1570. The van der Waals surface area contributed by atoms with Crippen molar-refractivity contribution in [3.05, 3.63) is 75.6 Å².